The lowest BCUT2D eigenvalue weighted by molar-refractivity contribution is 0.0595. The second-order valence-corrected chi connectivity index (χ2v) is 5.89. The summed E-state index contributed by atoms with van der Waals surface area (Å²) in [6.07, 6.45) is 3.44. The second kappa shape index (κ2) is 5.94. The Morgan fingerprint density at radius 3 is 2.96 bits per heavy atom. The molecule has 3 heterocycles. The van der Waals surface area contributed by atoms with Crippen LogP contribution in [0.25, 0.3) is 22.1 Å². The number of aromatic amines is 2. The van der Waals surface area contributed by atoms with Crippen molar-refractivity contribution in [2.24, 2.45) is 0 Å². The van der Waals surface area contributed by atoms with Gasteiger partial charge in [-0.25, -0.2) is 14.8 Å². The zero-order chi connectivity index (χ0) is 17.4. The van der Waals surface area contributed by atoms with Crippen molar-refractivity contribution in [3.63, 3.8) is 0 Å². The summed E-state index contributed by atoms with van der Waals surface area (Å²) in [4.78, 5) is 26.3. The van der Waals surface area contributed by atoms with E-state index >= 15 is 0 Å². The van der Waals surface area contributed by atoms with Gasteiger partial charge in [0.25, 0.3) is 0 Å². The van der Waals surface area contributed by atoms with Gasteiger partial charge in [-0.2, -0.15) is 0 Å². The van der Waals surface area contributed by atoms with E-state index in [1.54, 1.807) is 18.6 Å². The van der Waals surface area contributed by atoms with Crippen molar-refractivity contribution in [2.45, 2.75) is 13.5 Å². The molecule has 0 aliphatic rings. The summed E-state index contributed by atoms with van der Waals surface area (Å²) >= 11 is 0. The molecule has 4 aromatic rings. The summed E-state index contributed by atoms with van der Waals surface area (Å²) in [7, 11) is 1.35. The van der Waals surface area contributed by atoms with E-state index < -0.39 is 5.97 Å². The highest BCUT2D eigenvalue weighted by molar-refractivity contribution is 5.94. The molecule has 7 heteroatoms. The van der Waals surface area contributed by atoms with Crippen LogP contribution in [0.15, 0.2) is 36.8 Å². The molecule has 3 N–H and O–H groups in total. The lowest BCUT2D eigenvalue weighted by Gasteiger charge is -2.09. The van der Waals surface area contributed by atoms with E-state index in [0.29, 0.717) is 17.9 Å². The van der Waals surface area contributed by atoms with Crippen LogP contribution in [-0.2, 0) is 11.3 Å². The van der Waals surface area contributed by atoms with Gasteiger partial charge in [-0.1, -0.05) is 0 Å². The number of carbonyl (C=O) groups is 1. The fourth-order valence-electron chi connectivity index (χ4n) is 2.85. The van der Waals surface area contributed by atoms with E-state index in [-0.39, 0.29) is 0 Å². The van der Waals surface area contributed by atoms with Crippen molar-refractivity contribution in [2.75, 3.05) is 12.4 Å². The third-order valence-corrected chi connectivity index (χ3v) is 4.24. The van der Waals surface area contributed by atoms with Crippen LogP contribution in [-0.4, -0.2) is 33.0 Å². The minimum absolute atomic E-state index is 0.391. The summed E-state index contributed by atoms with van der Waals surface area (Å²) in [6, 6.07) is 7.86. The normalized spacial score (nSPS) is 11.1. The van der Waals surface area contributed by atoms with Crippen LogP contribution in [0.4, 0.5) is 5.69 Å². The standard InChI is InChI=1S/C18H17N5O2/c1-10-3-14-15(22-9-21-14)6-12(10)7-19-13-4-11-5-16(18(24)25-2)23-17(11)20-8-13/h3-6,8-9,19H,7H2,1-2H3,(H,20,23)(H,21,22). The number of hydrogen-bond donors (Lipinski definition) is 3. The molecule has 0 aliphatic carbocycles. The van der Waals surface area contributed by atoms with Gasteiger partial charge in [0.15, 0.2) is 0 Å². The molecule has 3 aromatic heterocycles. The zero-order valence-electron chi connectivity index (χ0n) is 13.9. The van der Waals surface area contributed by atoms with Crippen molar-refractivity contribution in [3.8, 4) is 0 Å². The van der Waals surface area contributed by atoms with Crippen LogP contribution in [0.1, 0.15) is 21.6 Å². The Bertz CT molecular complexity index is 1080. The molecule has 1 aromatic carbocycles. The van der Waals surface area contributed by atoms with E-state index in [0.717, 1.165) is 22.1 Å². The highest BCUT2D eigenvalue weighted by Crippen LogP contribution is 2.21. The first-order valence-corrected chi connectivity index (χ1v) is 7.87. The van der Waals surface area contributed by atoms with E-state index in [4.69, 9.17) is 4.74 Å². The number of rotatable bonds is 4. The van der Waals surface area contributed by atoms with Gasteiger partial charge in [0.05, 0.1) is 36.4 Å². The molecular formula is C18H17N5O2. The number of anilines is 1. The van der Waals surface area contributed by atoms with Gasteiger partial charge in [0.1, 0.15) is 11.3 Å². The first-order chi connectivity index (χ1) is 12.1. The molecule has 0 bridgehead atoms. The summed E-state index contributed by atoms with van der Waals surface area (Å²) < 4.78 is 4.72. The Morgan fingerprint density at radius 1 is 1.24 bits per heavy atom. The summed E-state index contributed by atoms with van der Waals surface area (Å²) in [5.74, 6) is -0.407. The van der Waals surface area contributed by atoms with E-state index in [2.05, 4.69) is 44.3 Å². The number of aromatic nitrogens is 4. The van der Waals surface area contributed by atoms with Crippen LogP contribution in [0.2, 0.25) is 0 Å². The number of pyridine rings is 1. The van der Waals surface area contributed by atoms with Crippen molar-refractivity contribution < 1.29 is 9.53 Å². The summed E-state index contributed by atoms with van der Waals surface area (Å²) in [5.41, 5.74) is 6.26. The SMILES string of the molecule is COC(=O)c1cc2cc(NCc3cc4nc[nH]c4cc3C)cnc2[nH]1. The molecule has 0 saturated heterocycles. The average Bonchev–Trinajstić information content (AvgIpc) is 3.24. The molecule has 25 heavy (non-hydrogen) atoms. The van der Waals surface area contributed by atoms with Gasteiger partial charge in [-0.3, -0.25) is 0 Å². The molecule has 0 atom stereocenters. The molecule has 0 radical (unpaired) electrons. The van der Waals surface area contributed by atoms with Crippen molar-refractivity contribution >= 4 is 33.7 Å². The number of imidazole rings is 1. The van der Waals surface area contributed by atoms with Gasteiger partial charge in [-0.15, -0.1) is 0 Å². The molecule has 4 rings (SSSR count). The van der Waals surface area contributed by atoms with Gasteiger partial charge in [0.2, 0.25) is 0 Å². The van der Waals surface area contributed by atoms with Crippen LogP contribution >= 0.6 is 0 Å². The average molecular weight is 335 g/mol. The van der Waals surface area contributed by atoms with Gasteiger partial charge in [-0.05, 0) is 42.3 Å². The Kier molecular flexibility index (Phi) is 3.61. The Balaban J connectivity index is 1.57. The predicted molar refractivity (Wildman–Crippen MR) is 95.6 cm³/mol. The smallest absolute Gasteiger partial charge is 0.354 e. The van der Waals surface area contributed by atoms with Crippen LogP contribution in [0.3, 0.4) is 0 Å². The number of nitrogens with one attached hydrogen (secondary N) is 3. The minimum Gasteiger partial charge on any atom is -0.464 e. The molecular weight excluding hydrogens is 318 g/mol. The van der Waals surface area contributed by atoms with E-state index in [9.17, 15) is 4.79 Å². The summed E-state index contributed by atoms with van der Waals surface area (Å²) in [5, 5.41) is 4.22. The number of carbonyl (C=O) groups excluding carboxylic acids is 1. The Morgan fingerprint density at radius 2 is 2.12 bits per heavy atom. The molecule has 0 fully saturated rings. The molecule has 0 aliphatic heterocycles. The maximum atomic E-state index is 11.6. The molecule has 0 unspecified atom stereocenters. The quantitative estimate of drug-likeness (QED) is 0.498. The maximum absolute atomic E-state index is 11.6. The van der Waals surface area contributed by atoms with Crippen LogP contribution < -0.4 is 5.32 Å². The number of aryl methyl sites for hydroxylation is 1. The van der Waals surface area contributed by atoms with Crippen molar-refractivity contribution in [3.05, 3.63) is 53.6 Å². The Hall–Kier alpha value is -3.35. The number of benzene rings is 1. The molecule has 126 valence electrons. The predicted octanol–water partition coefficient (Wildman–Crippen LogP) is 3.15. The highest BCUT2D eigenvalue weighted by Gasteiger charge is 2.10. The van der Waals surface area contributed by atoms with Crippen molar-refractivity contribution in [1.82, 2.24) is 19.9 Å². The second-order valence-electron chi connectivity index (χ2n) is 5.89. The fraction of sp³-hybridized carbons (Fsp3) is 0.167. The third kappa shape index (κ3) is 2.80. The monoisotopic (exact) mass is 335 g/mol. The van der Waals surface area contributed by atoms with E-state index in [1.807, 2.05) is 6.07 Å². The first kappa shape index (κ1) is 15.2. The number of H-pyrrole nitrogens is 2. The maximum Gasteiger partial charge on any atom is 0.354 e. The number of fused-ring (bicyclic) bond motifs is 2. The molecule has 7 nitrogen and oxygen atoms in total. The fourth-order valence-corrected chi connectivity index (χ4v) is 2.85. The molecule has 0 spiro atoms. The number of esters is 1. The zero-order valence-corrected chi connectivity index (χ0v) is 13.9. The Labute approximate surface area is 143 Å². The number of hydrogen-bond acceptors (Lipinski definition) is 5. The van der Waals surface area contributed by atoms with Crippen LogP contribution in [0, 0.1) is 6.92 Å². The first-order valence-electron chi connectivity index (χ1n) is 7.87. The number of nitrogens with zero attached hydrogens (tertiary/aromatic N) is 2. The highest BCUT2D eigenvalue weighted by atomic mass is 16.5. The van der Waals surface area contributed by atoms with Crippen molar-refractivity contribution in [1.29, 1.82) is 0 Å². The lowest BCUT2D eigenvalue weighted by Crippen LogP contribution is -2.02. The number of methoxy groups -OCH3 is 1. The third-order valence-electron chi connectivity index (χ3n) is 4.24. The molecule has 0 saturated carbocycles. The summed E-state index contributed by atoms with van der Waals surface area (Å²) in [6.45, 7) is 2.74. The van der Waals surface area contributed by atoms with E-state index in [1.165, 1.54) is 18.2 Å². The van der Waals surface area contributed by atoms with Gasteiger partial charge in [0, 0.05) is 11.9 Å². The lowest BCUT2D eigenvalue weighted by atomic mass is 10.1. The minimum atomic E-state index is -0.407. The topological polar surface area (TPSA) is 95.7 Å². The van der Waals surface area contributed by atoms with Gasteiger partial charge >= 0.3 is 5.97 Å². The van der Waals surface area contributed by atoms with Crippen LogP contribution in [0.5, 0.6) is 0 Å². The molecule has 0 amide bonds. The number of ether oxygens (including phenoxy) is 1. The largest absolute Gasteiger partial charge is 0.464 e. The van der Waals surface area contributed by atoms with Gasteiger partial charge < -0.3 is 20.0 Å².